The van der Waals surface area contributed by atoms with E-state index in [0.29, 0.717) is 17.8 Å². The number of esters is 1. The summed E-state index contributed by atoms with van der Waals surface area (Å²) in [6.45, 7) is 0.390. The van der Waals surface area contributed by atoms with Crippen molar-refractivity contribution < 1.29 is 14.3 Å². The Kier molecular flexibility index (Phi) is 5.73. The summed E-state index contributed by atoms with van der Waals surface area (Å²) in [6, 6.07) is 14.0. The number of carbonyl (C=O) groups excluding carboxylic acids is 2. The fourth-order valence-corrected chi connectivity index (χ4v) is 2.35. The molecule has 1 aromatic carbocycles. The molecule has 0 aliphatic rings. The molecular formula is C20H18N4O3. The largest absolute Gasteiger partial charge is 0.465 e. The maximum atomic E-state index is 12.2. The van der Waals surface area contributed by atoms with Crippen molar-refractivity contribution in [2.45, 2.75) is 6.54 Å². The zero-order chi connectivity index (χ0) is 19.1. The summed E-state index contributed by atoms with van der Waals surface area (Å²) >= 11 is 0. The number of nitrogens with zero attached hydrogens (tertiary/aromatic N) is 2. The summed E-state index contributed by atoms with van der Waals surface area (Å²) in [4.78, 5) is 31.8. The van der Waals surface area contributed by atoms with Crippen LogP contribution in [0.1, 0.15) is 26.4 Å². The van der Waals surface area contributed by atoms with Gasteiger partial charge >= 0.3 is 5.97 Å². The fourth-order valence-electron chi connectivity index (χ4n) is 2.35. The predicted octanol–water partition coefficient (Wildman–Crippen LogP) is 2.94. The number of rotatable bonds is 6. The minimum Gasteiger partial charge on any atom is -0.465 e. The van der Waals surface area contributed by atoms with E-state index in [-0.39, 0.29) is 11.9 Å². The SMILES string of the molecule is COC(=O)c1ccc(Nc2ccc(C(=O)NCc3cccnc3)nc2)cc1. The summed E-state index contributed by atoms with van der Waals surface area (Å²) in [6.07, 6.45) is 4.96. The number of carbonyl (C=O) groups is 2. The maximum absolute atomic E-state index is 12.2. The van der Waals surface area contributed by atoms with Crippen LogP contribution in [0.2, 0.25) is 0 Å². The number of nitrogens with one attached hydrogen (secondary N) is 2. The van der Waals surface area contributed by atoms with E-state index < -0.39 is 0 Å². The first-order valence-corrected chi connectivity index (χ1v) is 8.24. The Hall–Kier alpha value is -3.74. The van der Waals surface area contributed by atoms with E-state index in [2.05, 4.69) is 25.3 Å². The Morgan fingerprint density at radius 2 is 1.78 bits per heavy atom. The third-order valence-corrected chi connectivity index (χ3v) is 3.77. The van der Waals surface area contributed by atoms with Gasteiger partial charge in [0.2, 0.25) is 0 Å². The number of methoxy groups -OCH3 is 1. The molecule has 0 unspecified atom stereocenters. The van der Waals surface area contributed by atoms with Crippen LogP contribution in [0.25, 0.3) is 0 Å². The van der Waals surface area contributed by atoms with Crippen molar-refractivity contribution in [1.82, 2.24) is 15.3 Å². The number of ether oxygens (including phenoxy) is 1. The Bertz CT molecular complexity index is 910. The van der Waals surface area contributed by atoms with Crippen LogP contribution in [0.15, 0.2) is 67.1 Å². The lowest BCUT2D eigenvalue weighted by atomic mass is 10.2. The molecule has 0 atom stereocenters. The molecule has 2 N–H and O–H groups in total. The zero-order valence-electron chi connectivity index (χ0n) is 14.7. The molecule has 0 saturated heterocycles. The third kappa shape index (κ3) is 4.88. The average Bonchev–Trinajstić information content (AvgIpc) is 2.73. The van der Waals surface area contributed by atoms with E-state index in [0.717, 1.165) is 16.9 Å². The first kappa shape index (κ1) is 18.1. The van der Waals surface area contributed by atoms with Gasteiger partial charge in [0.1, 0.15) is 5.69 Å². The van der Waals surface area contributed by atoms with Crippen LogP contribution in [0.3, 0.4) is 0 Å². The highest BCUT2D eigenvalue weighted by Gasteiger charge is 2.08. The van der Waals surface area contributed by atoms with Crippen LogP contribution >= 0.6 is 0 Å². The number of hydrogen-bond acceptors (Lipinski definition) is 6. The number of anilines is 2. The molecule has 1 amide bonds. The highest BCUT2D eigenvalue weighted by atomic mass is 16.5. The van der Waals surface area contributed by atoms with E-state index in [1.54, 1.807) is 55.0 Å². The van der Waals surface area contributed by atoms with Crippen LogP contribution in [0.4, 0.5) is 11.4 Å². The smallest absolute Gasteiger partial charge is 0.337 e. The van der Waals surface area contributed by atoms with Crippen LogP contribution in [-0.4, -0.2) is 29.0 Å². The Morgan fingerprint density at radius 3 is 2.41 bits per heavy atom. The minimum absolute atomic E-state index is 0.257. The predicted molar refractivity (Wildman–Crippen MR) is 101 cm³/mol. The minimum atomic E-state index is -0.384. The van der Waals surface area contributed by atoms with Gasteiger partial charge in [-0.2, -0.15) is 0 Å². The van der Waals surface area contributed by atoms with Crippen molar-refractivity contribution in [3.8, 4) is 0 Å². The van der Waals surface area contributed by atoms with Crippen LogP contribution < -0.4 is 10.6 Å². The van der Waals surface area contributed by atoms with Crippen LogP contribution in [-0.2, 0) is 11.3 Å². The fraction of sp³-hybridized carbons (Fsp3) is 0.100. The molecular weight excluding hydrogens is 344 g/mol. The normalized spacial score (nSPS) is 10.1. The molecule has 3 aromatic rings. The summed E-state index contributed by atoms with van der Waals surface area (Å²) < 4.78 is 4.67. The highest BCUT2D eigenvalue weighted by molar-refractivity contribution is 5.92. The number of hydrogen-bond donors (Lipinski definition) is 2. The molecule has 7 nitrogen and oxygen atoms in total. The van der Waals surface area contributed by atoms with Gasteiger partial charge in [0.05, 0.1) is 24.6 Å². The second-order valence-corrected chi connectivity index (χ2v) is 5.67. The lowest BCUT2D eigenvalue weighted by molar-refractivity contribution is 0.0600. The lowest BCUT2D eigenvalue weighted by Gasteiger charge is -2.08. The van der Waals surface area contributed by atoms with Crippen molar-refractivity contribution in [1.29, 1.82) is 0 Å². The van der Waals surface area contributed by atoms with Crippen LogP contribution in [0.5, 0.6) is 0 Å². The van der Waals surface area contributed by atoms with Gasteiger partial charge in [-0.3, -0.25) is 9.78 Å². The highest BCUT2D eigenvalue weighted by Crippen LogP contribution is 2.17. The van der Waals surface area contributed by atoms with E-state index in [4.69, 9.17) is 0 Å². The molecule has 3 rings (SSSR count). The van der Waals surface area contributed by atoms with Gasteiger partial charge in [0.15, 0.2) is 0 Å². The van der Waals surface area contributed by atoms with E-state index in [1.165, 1.54) is 7.11 Å². The number of aromatic nitrogens is 2. The molecule has 2 aromatic heterocycles. The standard InChI is InChI=1S/C20H18N4O3/c1-27-20(26)15-4-6-16(7-5-15)24-17-8-9-18(22-13-17)19(25)23-12-14-3-2-10-21-11-14/h2-11,13,24H,12H2,1H3,(H,23,25). The molecule has 0 bridgehead atoms. The molecule has 136 valence electrons. The molecule has 27 heavy (non-hydrogen) atoms. The van der Waals surface area contributed by atoms with Gasteiger partial charge in [0, 0.05) is 24.6 Å². The second kappa shape index (κ2) is 8.57. The topological polar surface area (TPSA) is 93.2 Å². The molecule has 0 fully saturated rings. The van der Waals surface area contributed by atoms with Crippen molar-refractivity contribution in [2.75, 3.05) is 12.4 Å². The number of pyridine rings is 2. The quantitative estimate of drug-likeness (QED) is 0.655. The molecule has 0 spiro atoms. The second-order valence-electron chi connectivity index (χ2n) is 5.67. The number of amides is 1. The molecule has 7 heteroatoms. The van der Waals surface area contributed by atoms with Crippen molar-refractivity contribution in [2.24, 2.45) is 0 Å². The van der Waals surface area contributed by atoms with Crippen LogP contribution in [0, 0.1) is 0 Å². The summed E-state index contributed by atoms with van der Waals surface area (Å²) in [5.74, 6) is -0.641. The summed E-state index contributed by atoms with van der Waals surface area (Å²) in [7, 11) is 1.34. The van der Waals surface area contributed by atoms with Gasteiger partial charge < -0.3 is 15.4 Å². The molecule has 0 radical (unpaired) electrons. The zero-order valence-corrected chi connectivity index (χ0v) is 14.7. The van der Waals surface area contributed by atoms with Gasteiger partial charge in [-0.25, -0.2) is 9.78 Å². The first-order chi connectivity index (χ1) is 13.2. The first-order valence-electron chi connectivity index (χ1n) is 8.24. The number of benzene rings is 1. The lowest BCUT2D eigenvalue weighted by Crippen LogP contribution is -2.23. The molecule has 0 saturated carbocycles. The molecule has 0 aliphatic heterocycles. The van der Waals surface area contributed by atoms with E-state index in [1.807, 2.05) is 12.1 Å². The Balaban J connectivity index is 1.58. The summed E-state index contributed by atoms with van der Waals surface area (Å²) in [5, 5.41) is 5.96. The van der Waals surface area contributed by atoms with Crippen molar-refractivity contribution >= 4 is 23.3 Å². The van der Waals surface area contributed by atoms with Crippen molar-refractivity contribution in [3.63, 3.8) is 0 Å². The van der Waals surface area contributed by atoms with Gasteiger partial charge in [-0.05, 0) is 48.0 Å². The molecule has 0 aliphatic carbocycles. The summed E-state index contributed by atoms with van der Waals surface area (Å²) in [5.41, 5.74) is 3.23. The van der Waals surface area contributed by atoms with Gasteiger partial charge in [0.25, 0.3) is 5.91 Å². The van der Waals surface area contributed by atoms with Crippen molar-refractivity contribution in [3.05, 3.63) is 83.9 Å². The van der Waals surface area contributed by atoms with E-state index >= 15 is 0 Å². The molecule has 2 heterocycles. The average molecular weight is 362 g/mol. The Morgan fingerprint density at radius 1 is 1.00 bits per heavy atom. The van der Waals surface area contributed by atoms with Gasteiger partial charge in [-0.1, -0.05) is 6.07 Å². The Labute approximate surface area is 156 Å². The van der Waals surface area contributed by atoms with E-state index in [9.17, 15) is 9.59 Å². The van der Waals surface area contributed by atoms with Gasteiger partial charge in [-0.15, -0.1) is 0 Å². The third-order valence-electron chi connectivity index (χ3n) is 3.77. The monoisotopic (exact) mass is 362 g/mol. The maximum Gasteiger partial charge on any atom is 0.337 e.